The molecule has 0 spiro atoms. The molecule has 0 aliphatic carbocycles. The van der Waals surface area contributed by atoms with Gasteiger partial charge in [-0.2, -0.15) is 0 Å². The molecular formula is C6H10N2S2. The van der Waals surface area contributed by atoms with Gasteiger partial charge in [0.15, 0.2) is 4.77 Å². The molecule has 0 saturated carbocycles. The van der Waals surface area contributed by atoms with Gasteiger partial charge in [-0.1, -0.05) is 0 Å². The molecule has 0 amide bonds. The zero-order chi connectivity index (χ0) is 7.72. The summed E-state index contributed by atoms with van der Waals surface area (Å²) in [5, 5.41) is 0.909. The number of thiol groups is 1. The van der Waals surface area contributed by atoms with Crippen molar-refractivity contribution in [3.8, 4) is 0 Å². The van der Waals surface area contributed by atoms with Crippen molar-refractivity contribution in [2.75, 3.05) is 0 Å². The van der Waals surface area contributed by atoms with Crippen LogP contribution in [0.15, 0.2) is 11.2 Å². The first-order valence-corrected chi connectivity index (χ1v) is 3.97. The lowest BCUT2D eigenvalue weighted by Crippen LogP contribution is -1.94. The largest absolute Gasteiger partial charge is 0.323 e. The first-order chi connectivity index (χ1) is 4.66. The smallest absolute Gasteiger partial charge is 0.180 e. The van der Waals surface area contributed by atoms with Crippen molar-refractivity contribution in [2.45, 2.75) is 18.5 Å². The van der Waals surface area contributed by atoms with Crippen molar-refractivity contribution in [3.05, 3.63) is 11.0 Å². The van der Waals surface area contributed by atoms with E-state index in [9.17, 15) is 0 Å². The van der Waals surface area contributed by atoms with Crippen LogP contribution in [0.4, 0.5) is 0 Å². The molecule has 1 aromatic heterocycles. The fourth-order valence-corrected chi connectivity index (χ4v) is 1.38. The van der Waals surface area contributed by atoms with Crippen molar-refractivity contribution in [2.24, 2.45) is 7.05 Å². The van der Waals surface area contributed by atoms with E-state index in [4.69, 9.17) is 12.2 Å². The topological polar surface area (TPSA) is 9.86 Å². The van der Waals surface area contributed by atoms with Gasteiger partial charge in [0.05, 0.1) is 5.03 Å². The standard InChI is InChI=1S/C6H10N2S2/c1-3-8-4-5(9)7(2)6(8)10/h4,9H,3H2,1-2H3. The van der Waals surface area contributed by atoms with Gasteiger partial charge in [0, 0.05) is 19.8 Å². The summed E-state index contributed by atoms with van der Waals surface area (Å²) in [6.07, 6.45) is 1.94. The van der Waals surface area contributed by atoms with Crippen LogP contribution in [0.2, 0.25) is 0 Å². The van der Waals surface area contributed by atoms with Crippen LogP contribution in [-0.4, -0.2) is 9.13 Å². The number of hydrogen-bond donors (Lipinski definition) is 1. The summed E-state index contributed by atoms with van der Waals surface area (Å²) < 4.78 is 4.69. The summed E-state index contributed by atoms with van der Waals surface area (Å²) in [6.45, 7) is 2.97. The summed E-state index contributed by atoms with van der Waals surface area (Å²) >= 11 is 9.31. The maximum Gasteiger partial charge on any atom is 0.180 e. The predicted molar refractivity (Wildman–Crippen MR) is 47.2 cm³/mol. The third-order valence-corrected chi connectivity index (χ3v) is 2.41. The molecule has 1 rings (SSSR count). The van der Waals surface area contributed by atoms with Crippen LogP contribution in [0.3, 0.4) is 0 Å². The molecule has 10 heavy (non-hydrogen) atoms. The van der Waals surface area contributed by atoms with E-state index in [0.717, 1.165) is 16.3 Å². The fraction of sp³-hybridized carbons (Fsp3) is 0.500. The van der Waals surface area contributed by atoms with Crippen molar-refractivity contribution in [1.29, 1.82) is 0 Å². The number of aryl methyl sites for hydroxylation is 1. The second-order valence-electron chi connectivity index (χ2n) is 2.11. The molecule has 0 aliphatic heterocycles. The number of rotatable bonds is 1. The van der Waals surface area contributed by atoms with Crippen LogP contribution in [-0.2, 0) is 13.6 Å². The van der Waals surface area contributed by atoms with Gasteiger partial charge < -0.3 is 9.13 Å². The fourth-order valence-electron chi connectivity index (χ4n) is 0.798. The molecule has 0 aromatic carbocycles. The Labute approximate surface area is 70.9 Å². The van der Waals surface area contributed by atoms with Crippen LogP contribution in [0.1, 0.15) is 6.92 Å². The van der Waals surface area contributed by atoms with E-state index in [-0.39, 0.29) is 0 Å². The zero-order valence-corrected chi connectivity index (χ0v) is 7.75. The van der Waals surface area contributed by atoms with Crippen molar-refractivity contribution in [1.82, 2.24) is 9.13 Å². The van der Waals surface area contributed by atoms with E-state index in [2.05, 4.69) is 19.6 Å². The summed E-state index contributed by atoms with van der Waals surface area (Å²) in [5.41, 5.74) is 0. The number of imidazole rings is 1. The average Bonchev–Trinajstić information content (AvgIpc) is 2.17. The first kappa shape index (κ1) is 7.88. The van der Waals surface area contributed by atoms with Gasteiger partial charge in [0.2, 0.25) is 0 Å². The molecule has 0 aliphatic rings. The summed E-state index contributed by atoms with van der Waals surface area (Å²) in [6, 6.07) is 0. The van der Waals surface area contributed by atoms with Gasteiger partial charge in [-0.3, -0.25) is 0 Å². The van der Waals surface area contributed by atoms with Gasteiger partial charge >= 0.3 is 0 Å². The summed E-state index contributed by atoms with van der Waals surface area (Å²) in [5.74, 6) is 0. The Kier molecular flexibility index (Phi) is 2.21. The van der Waals surface area contributed by atoms with E-state index in [1.54, 1.807) is 0 Å². The van der Waals surface area contributed by atoms with E-state index < -0.39 is 0 Å². The molecule has 56 valence electrons. The van der Waals surface area contributed by atoms with Crippen LogP contribution in [0, 0.1) is 4.77 Å². The highest BCUT2D eigenvalue weighted by atomic mass is 32.1. The van der Waals surface area contributed by atoms with Crippen molar-refractivity contribution < 1.29 is 0 Å². The Hall–Kier alpha value is -0.220. The summed E-state index contributed by atoms with van der Waals surface area (Å²) in [7, 11) is 1.91. The molecule has 0 radical (unpaired) electrons. The molecule has 0 bridgehead atoms. The number of aromatic nitrogens is 2. The highest BCUT2D eigenvalue weighted by molar-refractivity contribution is 7.80. The lowest BCUT2D eigenvalue weighted by atomic mass is 10.7. The average molecular weight is 174 g/mol. The van der Waals surface area contributed by atoms with Crippen LogP contribution in [0.5, 0.6) is 0 Å². The quantitative estimate of drug-likeness (QED) is 0.505. The Morgan fingerprint density at radius 2 is 2.30 bits per heavy atom. The monoisotopic (exact) mass is 174 g/mol. The Morgan fingerprint density at radius 3 is 2.50 bits per heavy atom. The predicted octanol–water partition coefficient (Wildman–Crippen LogP) is 1.86. The van der Waals surface area contributed by atoms with Crippen molar-refractivity contribution >= 4 is 24.8 Å². The third-order valence-electron chi connectivity index (χ3n) is 1.49. The minimum atomic E-state index is 0.826. The number of hydrogen-bond acceptors (Lipinski definition) is 2. The highest BCUT2D eigenvalue weighted by Crippen LogP contribution is 2.06. The third kappa shape index (κ3) is 1.13. The highest BCUT2D eigenvalue weighted by Gasteiger charge is 1.97. The summed E-state index contributed by atoms with van der Waals surface area (Å²) in [4.78, 5) is 0. The zero-order valence-electron chi connectivity index (χ0n) is 6.03. The molecule has 4 heteroatoms. The maximum absolute atomic E-state index is 5.09. The minimum absolute atomic E-state index is 0.826. The Morgan fingerprint density at radius 1 is 1.70 bits per heavy atom. The molecule has 1 heterocycles. The molecule has 2 nitrogen and oxygen atoms in total. The van der Waals surface area contributed by atoms with Crippen molar-refractivity contribution in [3.63, 3.8) is 0 Å². The molecule has 0 fully saturated rings. The van der Waals surface area contributed by atoms with Crippen LogP contribution >= 0.6 is 24.8 Å². The molecule has 0 N–H and O–H groups in total. The molecule has 1 aromatic rings. The van der Waals surface area contributed by atoms with Gasteiger partial charge in [-0.05, 0) is 19.1 Å². The van der Waals surface area contributed by atoms with E-state index in [0.29, 0.717) is 0 Å². The lowest BCUT2D eigenvalue weighted by molar-refractivity contribution is 0.716. The SMILES string of the molecule is CCn1cc(S)n(C)c1=S. The normalized spacial score (nSPS) is 10.3. The maximum atomic E-state index is 5.09. The second kappa shape index (κ2) is 2.80. The van der Waals surface area contributed by atoms with Gasteiger partial charge in [-0.15, -0.1) is 12.6 Å². The second-order valence-corrected chi connectivity index (χ2v) is 2.94. The Balaban J connectivity index is 3.31. The van der Waals surface area contributed by atoms with E-state index >= 15 is 0 Å². The molecule has 0 saturated heterocycles. The van der Waals surface area contributed by atoms with Crippen LogP contribution in [0.25, 0.3) is 0 Å². The first-order valence-electron chi connectivity index (χ1n) is 3.12. The van der Waals surface area contributed by atoms with Gasteiger partial charge in [0.25, 0.3) is 0 Å². The minimum Gasteiger partial charge on any atom is -0.323 e. The number of nitrogens with zero attached hydrogens (tertiary/aromatic N) is 2. The van der Waals surface area contributed by atoms with Gasteiger partial charge in [0.1, 0.15) is 0 Å². The van der Waals surface area contributed by atoms with Crippen LogP contribution < -0.4 is 0 Å². The van der Waals surface area contributed by atoms with Gasteiger partial charge in [-0.25, -0.2) is 0 Å². The molecule has 0 atom stereocenters. The van der Waals surface area contributed by atoms with E-state index in [1.165, 1.54) is 0 Å². The Bertz CT molecular complexity index is 284. The molecular weight excluding hydrogens is 164 g/mol. The lowest BCUT2D eigenvalue weighted by Gasteiger charge is -1.93. The van der Waals surface area contributed by atoms with E-state index in [1.807, 2.05) is 22.4 Å². The molecule has 0 unspecified atom stereocenters.